The van der Waals surface area contributed by atoms with Gasteiger partial charge in [0.25, 0.3) is 0 Å². The van der Waals surface area contributed by atoms with Crippen LogP contribution >= 0.6 is 7.82 Å². The number of esters is 2. The zero-order valence-corrected chi connectivity index (χ0v) is 35.4. The maximum atomic E-state index is 12.6. The van der Waals surface area contributed by atoms with Crippen molar-refractivity contribution < 1.29 is 37.6 Å². The Balaban J connectivity index is 3.99. The lowest BCUT2D eigenvalue weighted by Crippen LogP contribution is -2.29. The van der Waals surface area contributed by atoms with Gasteiger partial charge in [0.1, 0.15) is 6.61 Å². The van der Waals surface area contributed by atoms with Crippen molar-refractivity contribution >= 4 is 19.8 Å². The van der Waals surface area contributed by atoms with E-state index in [-0.39, 0.29) is 32.2 Å². The van der Waals surface area contributed by atoms with Gasteiger partial charge in [-0.25, -0.2) is 4.57 Å². The maximum absolute atomic E-state index is 12.6. The van der Waals surface area contributed by atoms with E-state index in [2.05, 4.69) is 13.8 Å². The van der Waals surface area contributed by atoms with Crippen LogP contribution in [0.3, 0.4) is 0 Å². The Morgan fingerprint density at radius 3 is 1.08 bits per heavy atom. The van der Waals surface area contributed by atoms with E-state index in [1.807, 2.05) is 0 Å². The summed E-state index contributed by atoms with van der Waals surface area (Å²) in [4.78, 5) is 34.7. The molecule has 0 bridgehead atoms. The van der Waals surface area contributed by atoms with Gasteiger partial charge >= 0.3 is 19.8 Å². The standard InChI is InChI=1S/C43H85O8P/c1-4-7-9-11-13-15-17-19-20-21-22-23-24-26-28-30-32-34-36-38-43(45)51-41(40-50-52(46,47)49-6-3)39-48-42(44)37-35-33-31-29-27-25-18-16-14-12-10-8-5-2/h41H,4-40H2,1-3H3,(H,46,47). The van der Waals surface area contributed by atoms with Crippen LogP contribution in [-0.2, 0) is 32.7 Å². The second-order valence-corrected chi connectivity index (χ2v) is 16.5. The first-order valence-corrected chi connectivity index (χ1v) is 23.8. The zero-order valence-electron chi connectivity index (χ0n) is 34.5. The molecule has 0 aromatic rings. The summed E-state index contributed by atoms with van der Waals surface area (Å²) in [5.41, 5.74) is 0. The van der Waals surface area contributed by atoms with Gasteiger partial charge in [-0.2, -0.15) is 0 Å². The fourth-order valence-corrected chi connectivity index (χ4v) is 7.39. The Labute approximate surface area is 321 Å². The van der Waals surface area contributed by atoms with E-state index in [0.29, 0.717) is 6.42 Å². The molecule has 310 valence electrons. The molecule has 0 aliphatic carbocycles. The third-order valence-electron chi connectivity index (χ3n) is 9.91. The van der Waals surface area contributed by atoms with Crippen molar-refractivity contribution in [1.29, 1.82) is 0 Å². The van der Waals surface area contributed by atoms with Crippen molar-refractivity contribution in [2.45, 2.75) is 245 Å². The van der Waals surface area contributed by atoms with Gasteiger partial charge in [0.15, 0.2) is 6.10 Å². The fourth-order valence-electron chi connectivity index (χ4n) is 6.63. The van der Waals surface area contributed by atoms with Crippen molar-refractivity contribution in [3.8, 4) is 0 Å². The number of carbonyl (C=O) groups is 2. The highest BCUT2D eigenvalue weighted by Gasteiger charge is 2.25. The molecule has 0 saturated heterocycles. The van der Waals surface area contributed by atoms with Crippen LogP contribution in [0.25, 0.3) is 0 Å². The highest BCUT2D eigenvalue weighted by Crippen LogP contribution is 2.43. The molecule has 0 aliphatic rings. The molecule has 0 amide bonds. The fraction of sp³-hybridized carbons (Fsp3) is 0.953. The lowest BCUT2D eigenvalue weighted by atomic mass is 10.0. The molecule has 0 saturated carbocycles. The zero-order chi connectivity index (χ0) is 38.2. The highest BCUT2D eigenvalue weighted by atomic mass is 31.2. The number of hydrogen-bond donors (Lipinski definition) is 1. The maximum Gasteiger partial charge on any atom is 0.472 e. The van der Waals surface area contributed by atoms with Crippen LogP contribution in [0, 0.1) is 0 Å². The van der Waals surface area contributed by atoms with Gasteiger partial charge in [0.05, 0.1) is 13.2 Å². The van der Waals surface area contributed by atoms with Crippen molar-refractivity contribution in [1.82, 2.24) is 0 Å². The van der Waals surface area contributed by atoms with E-state index in [9.17, 15) is 19.0 Å². The number of hydrogen-bond acceptors (Lipinski definition) is 7. The van der Waals surface area contributed by atoms with Gasteiger partial charge in [-0.15, -0.1) is 0 Å². The summed E-state index contributed by atoms with van der Waals surface area (Å²) in [6, 6.07) is 0. The van der Waals surface area contributed by atoms with Crippen LogP contribution < -0.4 is 0 Å². The number of ether oxygens (including phenoxy) is 2. The molecule has 0 aromatic carbocycles. The van der Waals surface area contributed by atoms with Crippen molar-refractivity contribution in [3.63, 3.8) is 0 Å². The Morgan fingerprint density at radius 1 is 0.442 bits per heavy atom. The summed E-state index contributed by atoms with van der Waals surface area (Å²) in [6.45, 7) is 5.52. The quantitative estimate of drug-likeness (QED) is 0.0372. The molecule has 0 aliphatic heterocycles. The first-order chi connectivity index (χ1) is 25.3. The van der Waals surface area contributed by atoms with Gasteiger partial charge in [-0.05, 0) is 19.8 Å². The van der Waals surface area contributed by atoms with Crippen LogP contribution in [0.1, 0.15) is 239 Å². The second kappa shape index (κ2) is 39.7. The number of rotatable bonds is 42. The van der Waals surface area contributed by atoms with E-state index in [0.717, 1.165) is 38.5 Å². The van der Waals surface area contributed by atoms with Crippen molar-refractivity contribution in [3.05, 3.63) is 0 Å². The summed E-state index contributed by atoms with van der Waals surface area (Å²) < 4.78 is 32.7. The molecule has 0 rings (SSSR count). The average Bonchev–Trinajstić information content (AvgIpc) is 3.12. The summed E-state index contributed by atoms with van der Waals surface area (Å²) in [5.74, 6) is -0.780. The van der Waals surface area contributed by atoms with E-state index in [1.165, 1.54) is 167 Å². The molecule has 0 aromatic heterocycles. The minimum Gasteiger partial charge on any atom is -0.462 e. The molecule has 52 heavy (non-hydrogen) atoms. The largest absolute Gasteiger partial charge is 0.472 e. The second-order valence-electron chi connectivity index (χ2n) is 15.1. The van der Waals surface area contributed by atoms with Gasteiger partial charge < -0.3 is 14.4 Å². The molecule has 9 heteroatoms. The molecular formula is C43H85O8P. The Bertz CT molecular complexity index is 823. The number of phosphoric acid groups is 1. The van der Waals surface area contributed by atoms with E-state index in [4.69, 9.17) is 18.5 Å². The van der Waals surface area contributed by atoms with Crippen LogP contribution in [-0.4, -0.2) is 42.8 Å². The Morgan fingerprint density at radius 2 is 0.750 bits per heavy atom. The molecule has 2 atom stereocenters. The average molecular weight is 761 g/mol. The highest BCUT2D eigenvalue weighted by molar-refractivity contribution is 7.47. The number of unbranched alkanes of at least 4 members (excludes halogenated alkanes) is 30. The SMILES string of the molecule is CCCCCCCCCCCCCCCCCCCCCC(=O)OC(COC(=O)CCCCCCCCCCCCCCC)COP(=O)(O)OCC. The van der Waals surface area contributed by atoms with Crippen LogP contribution in [0.15, 0.2) is 0 Å². The number of carbonyl (C=O) groups excluding carboxylic acids is 2. The lowest BCUT2D eigenvalue weighted by molar-refractivity contribution is -0.161. The predicted octanol–water partition coefficient (Wildman–Crippen LogP) is 13.9. The summed E-state index contributed by atoms with van der Waals surface area (Å²) in [5, 5.41) is 0. The van der Waals surface area contributed by atoms with E-state index in [1.54, 1.807) is 6.92 Å². The number of phosphoric ester groups is 1. The summed E-state index contributed by atoms with van der Waals surface area (Å²) >= 11 is 0. The first-order valence-electron chi connectivity index (χ1n) is 22.3. The Kier molecular flexibility index (Phi) is 39.0. The third-order valence-corrected chi connectivity index (χ3v) is 11.0. The first kappa shape index (κ1) is 51.0. The molecule has 0 heterocycles. The van der Waals surface area contributed by atoms with E-state index < -0.39 is 19.9 Å². The summed E-state index contributed by atoms with van der Waals surface area (Å²) in [7, 11) is -4.27. The molecule has 2 unspecified atom stereocenters. The monoisotopic (exact) mass is 761 g/mol. The molecule has 8 nitrogen and oxygen atoms in total. The summed E-state index contributed by atoms with van der Waals surface area (Å²) in [6.07, 6.45) is 40.1. The van der Waals surface area contributed by atoms with Crippen LogP contribution in [0.5, 0.6) is 0 Å². The van der Waals surface area contributed by atoms with Gasteiger partial charge in [0.2, 0.25) is 0 Å². The van der Waals surface area contributed by atoms with Gasteiger partial charge in [0, 0.05) is 12.8 Å². The third kappa shape index (κ3) is 38.8. The van der Waals surface area contributed by atoms with Crippen molar-refractivity contribution in [2.75, 3.05) is 19.8 Å². The Hall–Kier alpha value is -0.950. The van der Waals surface area contributed by atoms with Crippen molar-refractivity contribution in [2.24, 2.45) is 0 Å². The molecule has 0 fully saturated rings. The molecule has 1 N–H and O–H groups in total. The molecule has 0 spiro atoms. The molecular weight excluding hydrogens is 675 g/mol. The smallest absolute Gasteiger partial charge is 0.462 e. The van der Waals surface area contributed by atoms with E-state index >= 15 is 0 Å². The predicted molar refractivity (Wildman–Crippen MR) is 217 cm³/mol. The van der Waals surface area contributed by atoms with Crippen LogP contribution in [0.2, 0.25) is 0 Å². The minimum absolute atomic E-state index is 0.00570. The topological polar surface area (TPSA) is 108 Å². The van der Waals surface area contributed by atoms with Gasteiger partial charge in [-0.1, -0.05) is 206 Å². The lowest BCUT2D eigenvalue weighted by Gasteiger charge is -2.19. The van der Waals surface area contributed by atoms with Crippen LogP contribution in [0.4, 0.5) is 0 Å². The minimum atomic E-state index is -4.27. The molecule has 0 radical (unpaired) electrons. The van der Waals surface area contributed by atoms with Gasteiger partial charge in [-0.3, -0.25) is 18.6 Å². The normalized spacial score (nSPS) is 13.2.